The Labute approximate surface area is 127 Å². The largest absolute Gasteiger partial charge is 0.478 e. The molecule has 8 nitrogen and oxygen atoms in total. The van der Waals surface area contributed by atoms with Crippen molar-refractivity contribution in [1.29, 1.82) is 5.26 Å². The van der Waals surface area contributed by atoms with E-state index in [2.05, 4.69) is 41.9 Å². The molecule has 2 rings (SSSR count). The van der Waals surface area contributed by atoms with Gasteiger partial charge >= 0.3 is 5.97 Å². The Hall–Kier alpha value is -2.73. The van der Waals surface area contributed by atoms with Gasteiger partial charge in [-0.15, -0.1) is 10.2 Å². The van der Waals surface area contributed by atoms with E-state index in [9.17, 15) is 4.79 Å². The predicted molar refractivity (Wildman–Crippen MR) is 77.2 cm³/mol. The molecule has 0 radical (unpaired) electrons. The van der Waals surface area contributed by atoms with Gasteiger partial charge < -0.3 is 10.4 Å². The van der Waals surface area contributed by atoms with Crippen molar-refractivity contribution in [3.63, 3.8) is 0 Å². The zero-order valence-electron chi connectivity index (χ0n) is 10.8. The summed E-state index contributed by atoms with van der Waals surface area (Å²) in [6.07, 6.45) is 1.43. The molecule has 2 aromatic rings. The molecule has 21 heavy (non-hydrogen) atoms. The highest BCUT2D eigenvalue weighted by molar-refractivity contribution is 9.10. The van der Waals surface area contributed by atoms with E-state index in [1.165, 1.54) is 18.3 Å². The molecule has 1 heterocycles. The lowest BCUT2D eigenvalue weighted by Crippen LogP contribution is -2.01. The smallest absolute Gasteiger partial charge is 0.335 e. The number of aromatic nitrogens is 4. The number of benzene rings is 1. The number of H-pyrrole nitrogens is 1. The van der Waals surface area contributed by atoms with Gasteiger partial charge in [0.1, 0.15) is 11.6 Å². The normalized spacial score (nSPS) is 11.0. The molecule has 0 amide bonds. The third-order valence-electron chi connectivity index (χ3n) is 2.60. The number of hydrogen-bond donors (Lipinski definition) is 3. The van der Waals surface area contributed by atoms with E-state index in [-0.39, 0.29) is 17.0 Å². The molecule has 0 aliphatic carbocycles. The highest BCUT2D eigenvalue weighted by atomic mass is 79.9. The second kappa shape index (κ2) is 6.15. The van der Waals surface area contributed by atoms with Crippen LogP contribution in [0.5, 0.6) is 0 Å². The number of tetrazole rings is 1. The Bertz CT molecular complexity index is 725. The number of nitriles is 1. The number of carboxylic acids is 1. The predicted octanol–water partition coefficient (Wildman–Crippen LogP) is 1.95. The number of carbonyl (C=O) groups is 1. The van der Waals surface area contributed by atoms with Gasteiger partial charge in [-0.1, -0.05) is 0 Å². The van der Waals surface area contributed by atoms with Crippen LogP contribution in [0.2, 0.25) is 0 Å². The summed E-state index contributed by atoms with van der Waals surface area (Å²) in [5.41, 5.74) is 1.73. The summed E-state index contributed by atoms with van der Waals surface area (Å²) in [4.78, 5) is 11.0. The number of rotatable bonds is 4. The van der Waals surface area contributed by atoms with Gasteiger partial charge in [-0.2, -0.15) is 10.5 Å². The summed E-state index contributed by atoms with van der Waals surface area (Å²) in [7, 11) is 0. The van der Waals surface area contributed by atoms with Crippen LogP contribution >= 0.6 is 15.9 Å². The molecule has 1 aromatic carbocycles. The third-order valence-corrected chi connectivity index (χ3v) is 3.23. The van der Waals surface area contributed by atoms with Crippen LogP contribution in [0.15, 0.2) is 22.8 Å². The van der Waals surface area contributed by atoms with E-state index >= 15 is 0 Å². The molecule has 0 aliphatic heterocycles. The maximum Gasteiger partial charge on any atom is 0.335 e. The lowest BCUT2D eigenvalue weighted by molar-refractivity contribution is 0.0696. The first-order chi connectivity index (χ1) is 10.0. The summed E-state index contributed by atoms with van der Waals surface area (Å²) >= 11 is 3.30. The van der Waals surface area contributed by atoms with Crippen LogP contribution in [0.1, 0.15) is 21.7 Å². The van der Waals surface area contributed by atoms with Gasteiger partial charge in [0.15, 0.2) is 0 Å². The Kier molecular flexibility index (Phi) is 4.30. The van der Waals surface area contributed by atoms with Crippen molar-refractivity contribution in [2.24, 2.45) is 0 Å². The van der Waals surface area contributed by atoms with Gasteiger partial charge in [0.05, 0.1) is 11.3 Å². The maximum atomic E-state index is 11.0. The van der Waals surface area contributed by atoms with Gasteiger partial charge in [-0.05, 0) is 45.8 Å². The average Bonchev–Trinajstić information content (AvgIpc) is 2.95. The fraction of sp³-hybridized carbons (Fsp3) is 0.0833. The monoisotopic (exact) mass is 348 g/mol. The lowest BCUT2D eigenvalue weighted by atomic mass is 10.1. The molecule has 0 saturated carbocycles. The second-order valence-corrected chi connectivity index (χ2v) is 4.86. The zero-order valence-corrected chi connectivity index (χ0v) is 12.3. The molecule has 0 atom stereocenters. The standard InChI is InChI=1S/C12H9BrN6O2/c1-6-2-7(12(20)21)3-9(13)10(6)15-5-8(4-14)11-16-18-19-17-11/h2-3,5,15H,1H3,(H,20,21)(H,16,17,18,19). The van der Waals surface area contributed by atoms with E-state index < -0.39 is 5.97 Å². The topological polar surface area (TPSA) is 128 Å². The zero-order chi connectivity index (χ0) is 15.4. The average molecular weight is 349 g/mol. The Balaban J connectivity index is 2.32. The molecular formula is C12H9BrN6O2. The number of allylic oxidation sites excluding steroid dienone is 1. The number of aryl methyl sites for hydroxylation is 1. The summed E-state index contributed by atoms with van der Waals surface area (Å²) in [6, 6.07) is 4.96. The van der Waals surface area contributed by atoms with Crippen LogP contribution < -0.4 is 5.32 Å². The van der Waals surface area contributed by atoms with Crippen LogP contribution in [0.4, 0.5) is 5.69 Å². The van der Waals surface area contributed by atoms with Crippen molar-refractivity contribution in [2.45, 2.75) is 6.92 Å². The van der Waals surface area contributed by atoms with Crippen LogP contribution in [0, 0.1) is 18.3 Å². The van der Waals surface area contributed by atoms with Crippen LogP contribution in [0.3, 0.4) is 0 Å². The first-order valence-corrected chi connectivity index (χ1v) is 6.46. The summed E-state index contributed by atoms with van der Waals surface area (Å²) in [5.74, 6) is -0.841. The fourth-order valence-electron chi connectivity index (χ4n) is 1.62. The van der Waals surface area contributed by atoms with Gasteiger partial charge in [0.2, 0.25) is 5.82 Å². The van der Waals surface area contributed by atoms with Gasteiger partial charge in [0.25, 0.3) is 0 Å². The van der Waals surface area contributed by atoms with E-state index in [1.807, 2.05) is 6.07 Å². The number of aromatic carboxylic acids is 1. The van der Waals surface area contributed by atoms with Crippen molar-refractivity contribution in [1.82, 2.24) is 20.6 Å². The fourth-order valence-corrected chi connectivity index (χ4v) is 2.29. The lowest BCUT2D eigenvalue weighted by Gasteiger charge is -2.10. The van der Waals surface area contributed by atoms with Crippen molar-refractivity contribution in [3.8, 4) is 6.07 Å². The minimum Gasteiger partial charge on any atom is -0.478 e. The van der Waals surface area contributed by atoms with E-state index in [0.29, 0.717) is 15.7 Å². The summed E-state index contributed by atoms with van der Waals surface area (Å²) in [5, 5.41) is 34.1. The highest BCUT2D eigenvalue weighted by Crippen LogP contribution is 2.28. The molecular weight excluding hydrogens is 340 g/mol. The molecule has 106 valence electrons. The van der Waals surface area contributed by atoms with Crippen molar-refractivity contribution in [3.05, 3.63) is 39.8 Å². The molecule has 9 heteroatoms. The summed E-state index contributed by atoms with van der Waals surface area (Å²) < 4.78 is 0.571. The maximum absolute atomic E-state index is 11.0. The molecule has 0 fully saturated rings. The Morgan fingerprint density at radius 2 is 2.33 bits per heavy atom. The molecule has 3 N–H and O–H groups in total. The highest BCUT2D eigenvalue weighted by Gasteiger charge is 2.11. The van der Waals surface area contributed by atoms with Crippen LogP contribution in [-0.2, 0) is 0 Å². The number of nitrogens with zero attached hydrogens (tertiary/aromatic N) is 4. The minimum atomic E-state index is -1.01. The Morgan fingerprint density at radius 1 is 1.57 bits per heavy atom. The molecule has 0 unspecified atom stereocenters. The molecule has 0 bridgehead atoms. The number of anilines is 1. The van der Waals surface area contributed by atoms with E-state index in [0.717, 1.165) is 0 Å². The molecule has 0 saturated heterocycles. The minimum absolute atomic E-state index is 0.168. The van der Waals surface area contributed by atoms with Gasteiger partial charge in [-0.25, -0.2) is 4.79 Å². The number of halogens is 1. The third kappa shape index (κ3) is 3.24. The molecule has 1 aromatic heterocycles. The first kappa shape index (κ1) is 14.7. The van der Waals surface area contributed by atoms with Crippen molar-refractivity contribution < 1.29 is 9.90 Å². The van der Waals surface area contributed by atoms with Crippen LogP contribution in [-0.4, -0.2) is 31.7 Å². The second-order valence-electron chi connectivity index (χ2n) is 4.00. The number of nitrogens with one attached hydrogen (secondary N) is 2. The SMILES string of the molecule is Cc1cc(C(=O)O)cc(Br)c1NC=C(C#N)c1nn[nH]n1. The Morgan fingerprint density at radius 3 is 2.86 bits per heavy atom. The molecule has 0 aliphatic rings. The van der Waals surface area contributed by atoms with Crippen LogP contribution in [0.25, 0.3) is 5.57 Å². The van der Waals surface area contributed by atoms with E-state index in [1.54, 1.807) is 6.92 Å². The number of aromatic amines is 1. The molecule has 0 spiro atoms. The summed E-state index contributed by atoms with van der Waals surface area (Å²) in [6.45, 7) is 1.76. The van der Waals surface area contributed by atoms with Gasteiger partial charge in [-0.3, -0.25) is 0 Å². The first-order valence-electron chi connectivity index (χ1n) is 5.67. The quantitative estimate of drug-likeness (QED) is 0.720. The van der Waals surface area contributed by atoms with E-state index in [4.69, 9.17) is 10.4 Å². The van der Waals surface area contributed by atoms with Crippen molar-refractivity contribution >= 4 is 33.2 Å². The van der Waals surface area contributed by atoms with Gasteiger partial charge in [0, 0.05) is 10.7 Å². The number of carboxylic acid groups (broad SMARTS) is 1. The number of hydrogen-bond acceptors (Lipinski definition) is 6. The van der Waals surface area contributed by atoms with Crippen molar-refractivity contribution in [2.75, 3.05) is 5.32 Å².